The summed E-state index contributed by atoms with van der Waals surface area (Å²) in [4.78, 5) is 89.9. The number of carbonyl (C=O) groups excluding carboxylic acids is 7. The average molecular weight is 1760 g/mol. The minimum atomic E-state index is -2.67. The topological polar surface area (TPSA) is 806 Å². The van der Waals surface area contributed by atoms with Gasteiger partial charge in [-0.2, -0.15) is 0 Å². The van der Waals surface area contributed by atoms with Crippen molar-refractivity contribution in [3.8, 4) is 0 Å². The van der Waals surface area contributed by atoms with E-state index in [-0.39, 0.29) is 0 Å². The molecule has 45 atom stereocenters. The SMILES string of the molecule is CC(=O)N[C@H]1[C@H](O[C@H]2[C@H](O)[C@@H](NC(C)=O)C(O)O[C@@H]2CO)O[C@H](CO)[C@@H](O[C@@H]2O[C@H](CO)[C@@H](O[C@@H]3O[C@H](CO)[C@@H](O)[C@H](O)[C@H]3NC(C)=O)[C@H](O[C@H]3O[C@H](CO)[C@@H](O[C@@H]4O[C@H](CO)[C@@H](O[C@@H]5O[C@H](CO)[C@H](O)[C@H](O)[C@H]5NC(C)=O)[C@H](O)[C@H]4NC(C)=O)[C@H](O)[C@@H]3O[C@@H]3O[C@H](CO)[C@@H](O[C@@H]4O[C@H](CO)[C@H](O)[C@H](O)[C@H]4NC(C)=O)[C@H](O)[C@H]3NC(C)=O)[C@H]2O)[C@@H]1O. The third kappa shape index (κ3) is 22.8. The molecule has 9 rings (SSSR count). The summed E-state index contributed by atoms with van der Waals surface area (Å²) < 4.78 is 104. The van der Waals surface area contributed by atoms with Gasteiger partial charge in [0.25, 0.3) is 0 Å². The molecule has 9 heterocycles. The molecule has 0 aromatic heterocycles. The average Bonchev–Trinajstić information content (AvgIpc) is 0.747. The number of nitrogens with one attached hydrogen (secondary N) is 7. The van der Waals surface area contributed by atoms with Gasteiger partial charge in [0.1, 0.15) is 219 Å². The molecule has 0 aromatic carbocycles. The van der Waals surface area contributed by atoms with Crippen LogP contribution >= 0.6 is 0 Å². The molecule has 0 bridgehead atoms. The van der Waals surface area contributed by atoms with Gasteiger partial charge in [-0.15, -0.1) is 0 Å². The Morgan fingerprint density at radius 3 is 0.669 bits per heavy atom. The van der Waals surface area contributed by atoms with Crippen LogP contribution in [0.15, 0.2) is 0 Å². The highest BCUT2D eigenvalue weighted by Crippen LogP contribution is 2.42. The van der Waals surface area contributed by atoms with Crippen LogP contribution in [0.25, 0.3) is 0 Å². The first-order valence-electron chi connectivity index (χ1n) is 38.6. The van der Waals surface area contributed by atoms with E-state index in [1.807, 2.05) is 0 Å². The van der Waals surface area contributed by atoms with Gasteiger partial charge in [-0.3, -0.25) is 33.6 Å². The molecule has 9 aliphatic rings. The molecule has 9 aliphatic heterocycles. The maximum absolute atomic E-state index is 13.5. The maximum Gasteiger partial charge on any atom is 0.217 e. The molecule has 696 valence electrons. The van der Waals surface area contributed by atoms with Crippen LogP contribution in [0.4, 0.5) is 0 Å². The lowest BCUT2D eigenvalue weighted by Crippen LogP contribution is -2.72. The van der Waals surface area contributed by atoms with Crippen molar-refractivity contribution in [3.05, 3.63) is 0 Å². The molecule has 53 heteroatoms. The van der Waals surface area contributed by atoms with Crippen molar-refractivity contribution in [2.24, 2.45) is 0 Å². The van der Waals surface area contributed by atoms with E-state index in [0.29, 0.717) is 0 Å². The van der Waals surface area contributed by atoms with Crippen LogP contribution in [0.5, 0.6) is 0 Å². The summed E-state index contributed by atoms with van der Waals surface area (Å²) in [7, 11) is 0. The van der Waals surface area contributed by atoms with E-state index in [2.05, 4.69) is 37.2 Å². The van der Waals surface area contributed by atoms with Crippen molar-refractivity contribution in [1.29, 1.82) is 0 Å². The number of aliphatic hydroxyl groups excluding tert-OH is 22. The van der Waals surface area contributed by atoms with Gasteiger partial charge in [-0.05, 0) is 0 Å². The van der Waals surface area contributed by atoms with E-state index in [4.69, 9.17) is 80.5 Å². The van der Waals surface area contributed by atoms with Crippen LogP contribution in [0, 0.1) is 0 Å². The molecular weight excluding hydrogens is 1650 g/mol. The summed E-state index contributed by atoms with van der Waals surface area (Å²) in [6.45, 7) is -3.68. The van der Waals surface area contributed by atoms with Gasteiger partial charge < -0.3 is 230 Å². The highest BCUT2D eigenvalue weighted by molar-refractivity contribution is 5.75. The molecule has 0 aromatic rings. The van der Waals surface area contributed by atoms with Crippen LogP contribution in [0.1, 0.15) is 48.5 Å². The molecule has 0 saturated carbocycles. The summed E-state index contributed by atoms with van der Waals surface area (Å²) in [6.07, 6.45) is -80.3. The summed E-state index contributed by atoms with van der Waals surface area (Å²) >= 11 is 0. The lowest BCUT2D eigenvalue weighted by Gasteiger charge is -2.53. The van der Waals surface area contributed by atoms with Crippen molar-refractivity contribution < 1.29 is 226 Å². The number of aliphatic hydroxyl groups is 22. The fourth-order valence-electron chi connectivity index (χ4n) is 15.8. The molecule has 53 nitrogen and oxygen atoms in total. The normalized spacial score (nSPS) is 46.0. The molecule has 0 spiro atoms. The number of carbonyl (C=O) groups is 7. The Morgan fingerprint density at radius 1 is 0.198 bits per heavy atom. The molecule has 121 heavy (non-hydrogen) atoms. The summed E-state index contributed by atoms with van der Waals surface area (Å²) in [5.41, 5.74) is 0. The lowest BCUT2D eigenvalue weighted by atomic mass is 9.93. The van der Waals surface area contributed by atoms with Crippen LogP contribution in [0.2, 0.25) is 0 Å². The Hall–Kier alpha value is -5.27. The zero-order valence-corrected chi connectivity index (χ0v) is 66.0. The van der Waals surface area contributed by atoms with E-state index >= 15 is 0 Å². The first-order valence-corrected chi connectivity index (χ1v) is 38.6. The first-order chi connectivity index (χ1) is 57.2. The van der Waals surface area contributed by atoms with Gasteiger partial charge in [0.15, 0.2) is 56.6 Å². The quantitative estimate of drug-likeness (QED) is 0.0297. The molecule has 7 amide bonds. The molecule has 0 aliphatic carbocycles. The van der Waals surface area contributed by atoms with Crippen molar-refractivity contribution in [2.75, 3.05) is 59.5 Å². The Kier molecular flexibility index (Phi) is 36.2. The van der Waals surface area contributed by atoms with Gasteiger partial charge in [-0.25, -0.2) is 0 Å². The van der Waals surface area contributed by atoms with Crippen LogP contribution in [-0.2, 0) is 114 Å². The number of hydrogen-bond acceptors (Lipinski definition) is 46. The van der Waals surface area contributed by atoms with E-state index in [1.54, 1.807) is 0 Å². The van der Waals surface area contributed by atoms with Crippen molar-refractivity contribution in [2.45, 2.75) is 324 Å². The largest absolute Gasteiger partial charge is 0.394 e. The fraction of sp³-hybridized carbons (Fsp3) is 0.897. The third-order valence-corrected chi connectivity index (χ3v) is 21.6. The predicted octanol–water partition coefficient (Wildman–Crippen LogP) is -19.6. The van der Waals surface area contributed by atoms with Gasteiger partial charge in [-0.1, -0.05) is 0 Å². The minimum absolute atomic E-state index is 0.792. The lowest BCUT2D eigenvalue weighted by molar-refractivity contribution is -0.411. The molecular formula is C68H113N7O46. The Labute approximate surface area is 687 Å². The van der Waals surface area contributed by atoms with Crippen LogP contribution in [0.3, 0.4) is 0 Å². The summed E-state index contributed by atoms with van der Waals surface area (Å²) in [6, 6.07) is -13.1. The van der Waals surface area contributed by atoms with Crippen molar-refractivity contribution in [1.82, 2.24) is 37.2 Å². The van der Waals surface area contributed by atoms with Gasteiger partial charge >= 0.3 is 0 Å². The second kappa shape index (κ2) is 44.0. The van der Waals surface area contributed by atoms with Gasteiger partial charge in [0, 0.05) is 48.5 Å². The second-order valence-corrected chi connectivity index (χ2v) is 30.3. The van der Waals surface area contributed by atoms with Crippen molar-refractivity contribution in [3.63, 3.8) is 0 Å². The molecule has 0 radical (unpaired) electrons. The zero-order chi connectivity index (χ0) is 89.4. The summed E-state index contributed by atoms with van der Waals surface area (Å²) in [5, 5.41) is 266. The highest BCUT2D eigenvalue weighted by atomic mass is 16.8. The Bertz CT molecular complexity index is 3360. The molecule has 29 N–H and O–H groups in total. The zero-order valence-electron chi connectivity index (χ0n) is 66.0. The van der Waals surface area contributed by atoms with E-state index in [1.165, 1.54) is 0 Å². The monoisotopic (exact) mass is 1760 g/mol. The van der Waals surface area contributed by atoms with Crippen molar-refractivity contribution >= 4 is 41.4 Å². The van der Waals surface area contributed by atoms with Gasteiger partial charge in [0.05, 0.1) is 59.5 Å². The van der Waals surface area contributed by atoms with E-state index < -0.39 is 377 Å². The first kappa shape index (κ1) is 99.5. The summed E-state index contributed by atoms with van der Waals surface area (Å²) in [5.74, 6) is -6.37. The second-order valence-electron chi connectivity index (χ2n) is 30.3. The van der Waals surface area contributed by atoms with E-state index in [9.17, 15) is 146 Å². The molecule has 9 fully saturated rings. The third-order valence-electron chi connectivity index (χ3n) is 21.6. The van der Waals surface area contributed by atoms with Crippen LogP contribution < -0.4 is 37.2 Å². The minimum Gasteiger partial charge on any atom is -0.394 e. The van der Waals surface area contributed by atoms with E-state index in [0.717, 1.165) is 48.5 Å². The smallest absolute Gasteiger partial charge is 0.217 e. The molecule has 1 unspecified atom stereocenters. The standard InChI is InChI=1S/C68H113N7O46/c1-17(85)69-33-46(98)52(27(11-79)105-60(33)104)114-64-38(74-22(6)90)49(101)55(30(14-82)110-64)118-67-51(103)58(57(32(16-84)112-67)119-63-36(72-20(4)88)45(97)42(94)26(10-78)108-63)120-68-59(121-66-39(75-23(7)91)48(100)54(29(13-81)111-66)116-62-35(71-19(3)87)44(96)41(93)25(9-77)107-62)50(102)56(31(15-83)113-68)117-65-37(73-21(5)89)47(99)53(28(12-80)109-65)115-61-34(70-18(2)86)43(95)40(92)24(8-76)106-61/h24-68,76-84,92-104H,8-16H2,1-7H3,(H,69,85)(H,70,86)(H,71,87)(H,72,88)(H,73,89)(H,74,90)(H,75,91)/t24-,25-,26-,27-,28-,29-,30-,31-,32-,33-,34-,35-,36-,37-,38-,39-,40+,41+,42-,43-,44-,45-,46-,47-,48-,49-,50+,51-,52-,53-,54-,55-,56-,57-,58-,59+,60?,61+,62+,63+,64+,65+,66+,67+,68-/m1/s1. The highest BCUT2D eigenvalue weighted by Gasteiger charge is 2.63. The van der Waals surface area contributed by atoms with Crippen LogP contribution in [-0.4, -0.2) is 489 Å². The number of hydrogen-bond donors (Lipinski definition) is 29. The van der Waals surface area contributed by atoms with Gasteiger partial charge in [0.2, 0.25) is 41.4 Å². The predicted molar refractivity (Wildman–Crippen MR) is 378 cm³/mol. The Morgan fingerprint density at radius 2 is 0.388 bits per heavy atom. The Balaban J connectivity index is 1.15. The maximum atomic E-state index is 13.5. The fourth-order valence-corrected chi connectivity index (χ4v) is 15.8. The number of amides is 7. The number of ether oxygens (including phenoxy) is 17. The number of rotatable bonds is 32. The molecule has 9 saturated heterocycles.